The molecule has 1 saturated carbocycles. The smallest absolute Gasteiger partial charge is 0.108 e. The van der Waals surface area contributed by atoms with Gasteiger partial charge in [-0.1, -0.05) is 13.8 Å². The molecule has 2 fully saturated rings. The van der Waals surface area contributed by atoms with Crippen molar-refractivity contribution in [3.8, 4) is 6.07 Å². The molecule has 1 aliphatic carbocycles. The summed E-state index contributed by atoms with van der Waals surface area (Å²) in [5, 5.41) is 13.2. The molecule has 0 radical (unpaired) electrons. The second-order valence-electron chi connectivity index (χ2n) is 6.77. The van der Waals surface area contributed by atoms with Crippen molar-refractivity contribution in [1.82, 2.24) is 10.2 Å². The molecule has 2 rings (SSSR count). The van der Waals surface area contributed by atoms with Gasteiger partial charge in [-0.05, 0) is 52.0 Å². The van der Waals surface area contributed by atoms with Crippen molar-refractivity contribution in [2.75, 3.05) is 19.7 Å². The Kier molecular flexibility index (Phi) is 6.04. The molecule has 4 atom stereocenters. The molecule has 0 spiro atoms. The summed E-state index contributed by atoms with van der Waals surface area (Å²) in [6.45, 7) is 9.36. The van der Waals surface area contributed by atoms with E-state index in [1.165, 1.54) is 6.42 Å². The highest BCUT2D eigenvalue weighted by Crippen LogP contribution is 2.33. The van der Waals surface area contributed by atoms with E-state index in [0.29, 0.717) is 18.2 Å². The van der Waals surface area contributed by atoms with Gasteiger partial charge in [-0.2, -0.15) is 5.26 Å². The summed E-state index contributed by atoms with van der Waals surface area (Å²) in [6, 6.07) is 3.64. The summed E-state index contributed by atoms with van der Waals surface area (Å²) in [5.74, 6) is 0. The Hall–Kier alpha value is -0.630. The van der Waals surface area contributed by atoms with E-state index in [1.807, 2.05) is 0 Å². The Morgan fingerprint density at radius 1 is 1.43 bits per heavy atom. The lowest BCUT2D eigenvalue weighted by Crippen LogP contribution is -2.58. The van der Waals surface area contributed by atoms with Crippen LogP contribution >= 0.6 is 0 Å². The maximum absolute atomic E-state index is 9.70. The van der Waals surface area contributed by atoms with Crippen LogP contribution in [0, 0.1) is 11.3 Å². The van der Waals surface area contributed by atoms with Gasteiger partial charge in [0.2, 0.25) is 0 Å². The molecule has 4 heteroatoms. The molecule has 1 saturated heterocycles. The van der Waals surface area contributed by atoms with E-state index in [9.17, 15) is 5.26 Å². The maximum Gasteiger partial charge on any atom is 0.108 e. The molecule has 4 unspecified atom stereocenters. The van der Waals surface area contributed by atoms with Crippen LogP contribution in [0.2, 0.25) is 0 Å². The molecule has 0 amide bonds. The van der Waals surface area contributed by atoms with Crippen molar-refractivity contribution in [3.63, 3.8) is 0 Å². The van der Waals surface area contributed by atoms with Gasteiger partial charge in [-0.3, -0.25) is 10.2 Å². The van der Waals surface area contributed by atoms with Crippen LogP contribution in [0.3, 0.4) is 0 Å². The predicted molar refractivity (Wildman–Crippen MR) is 85.1 cm³/mol. The molecule has 120 valence electrons. The van der Waals surface area contributed by atoms with E-state index < -0.39 is 0 Å². The lowest BCUT2D eigenvalue weighted by molar-refractivity contribution is -0.0810. The fourth-order valence-electron chi connectivity index (χ4n) is 3.86. The molecule has 2 aliphatic rings. The van der Waals surface area contributed by atoms with Crippen molar-refractivity contribution in [3.05, 3.63) is 0 Å². The van der Waals surface area contributed by atoms with Gasteiger partial charge in [0.1, 0.15) is 5.54 Å². The highest BCUT2D eigenvalue weighted by atomic mass is 16.5. The number of nitriles is 1. The van der Waals surface area contributed by atoms with E-state index in [4.69, 9.17) is 4.74 Å². The topological polar surface area (TPSA) is 48.3 Å². The number of hydrogen-bond donors (Lipinski definition) is 1. The van der Waals surface area contributed by atoms with E-state index in [1.54, 1.807) is 0 Å². The summed E-state index contributed by atoms with van der Waals surface area (Å²) < 4.78 is 5.82. The fraction of sp³-hybridized carbons (Fsp3) is 0.941. The fourth-order valence-corrected chi connectivity index (χ4v) is 3.86. The predicted octanol–water partition coefficient (Wildman–Crippen LogP) is 2.69. The molecule has 21 heavy (non-hydrogen) atoms. The first-order valence-electron chi connectivity index (χ1n) is 8.67. The lowest BCUT2D eigenvalue weighted by Gasteiger charge is -2.47. The summed E-state index contributed by atoms with van der Waals surface area (Å²) in [6.07, 6.45) is 6.86. The van der Waals surface area contributed by atoms with Gasteiger partial charge in [-0.15, -0.1) is 0 Å². The maximum atomic E-state index is 9.70. The van der Waals surface area contributed by atoms with Crippen LogP contribution in [-0.4, -0.2) is 48.3 Å². The van der Waals surface area contributed by atoms with Crippen molar-refractivity contribution < 1.29 is 4.74 Å². The van der Waals surface area contributed by atoms with Crippen molar-refractivity contribution >= 4 is 0 Å². The average molecular weight is 293 g/mol. The molecule has 0 aromatic carbocycles. The number of rotatable bonds is 5. The zero-order valence-electron chi connectivity index (χ0n) is 13.9. The van der Waals surface area contributed by atoms with Crippen LogP contribution in [0.25, 0.3) is 0 Å². The SMILES string of the molecule is CCCNC1(C#N)CCCC(N2CC(C)OCC2CC)C1. The molecule has 0 bridgehead atoms. The van der Waals surface area contributed by atoms with Gasteiger partial charge in [-0.25, -0.2) is 0 Å². The molecule has 1 aliphatic heterocycles. The third-order valence-corrected chi connectivity index (χ3v) is 5.10. The molecule has 1 N–H and O–H groups in total. The standard InChI is InChI=1S/C17H31N3O/c1-4-9-19-17(13-18)8-6-7-16(10-17)20-11-14(3)21-12-15(20)5-2/h14-16,19H,4-12H2,1-3H3. The van der Waals surface area contributed by atoms with E-state index in [-0.39, 0.29) is 5.54 Å². The minimum absolute atomic E-state index is 0.307. The summed E-state index contributed by atoms with van der Waals surface area (Å²) in [4.78, 5) is 2.63. The second kappa shape index (κ2) is 7.58. The molecule has 4 nitrogen and oxygen atoms in total. The highest BCUT2D eigenvalue weighted by Gasteiger charge is 2.41. The van der Waals surface area contributed by atoms with Crippen LogP contribution in [0.15, 0.2) is 0 Å². The Morgan fingerprint density at radius 3 is 2.90 bits per heavy atom. The first-order valence-corrected chi connectivity index (χ1v) is 8.67. The van der Waals surface area contributed by atoms with Crippen molar-refractivity contribution in [2.45, 2.75) is 83.0 Å². The van der Waals surface area contributed by atoms with Crippen LogP contribution in [0.1, 0.15) is 59.3 Å². The minimum Gasteiger partial charge on any atom is -0.376 e. The Labute approximate surface area is 129 Å². The molecular weight excluding hydrogens is 262 g/mol. The van der Waals surface area contributed by atoms with Crippen molar-refractivity contribution in [2.24, 2.45) is 0 Å². The number of hydrogen-bond acceptors (Lipinski definition) is 4. The zero-order valence-corrected chi connectivity index (χ0v) is 13.9. The van der Waals surface area contributed by atoms with Crippen molar-refractivity contribution in [1.29, 1.82) is 5.26 Å². The lowest BCUT2D eigenvalue weighted by atomic mass is 9.78. The third-order valence-electron chi connectivity index (χ3n) is 5.10. The summed E-state index contributed by atoms with van der Waals surface area (Å²) in [5.41, 5.74) is -0.307. The Morgan fingerprint density at radius 2 is 2.24 bits per heavy atom. The number of morpholine rings is 1. The van der Waals surface area contributed by atoms with E-state index in [2.05, 4.69) is 37.1 Å². The second-order valence-corrected chi connectivity index (χ2v) is 6.77. The van der Waals surface area contributed by atoms with Gasteiger partial charge in [0.25, 0.3) is 0 Å². The molecule has 0 aromatic heterocycles. The molecule has 0 aromatic rings. The van der Waals surface area contributed by atoms with Crippen LogP contribution in [0.4, 0.5) is 0 Å². The van der Waals surface area contributed by atoms with Crippen LogP contribution in [-0.2, 0) is 4.74 Å². The van der Waals surface area contributed by atoms with Crippen LogP contribution < -0.4 is 5.32 Å². The Bertz CT molecular complexity index is 368. The minimum atomic E-state index is -0.307. The molecule has 1 heterocycles. The zero-order chi connectivity index (χ0) is 15.3. The number of nitrogens with one attached hydrogen (secondary N) is 1. The summed E-state index contributed by atoms with van der Waals surface area (Å²) in [7, 11) is 0. The third kappa shape index (κ3) is 3.97. The van der Waals surface area contributed by atoms with Gasteiger partial charge in [0, 0.05) is 18.6 Å². The van der Waals surface area contributed by atoms with E-state index in [0.717, 1.165) is 51.8 Å². The average Bonchev–Trinajstić information content (AvgIpc) is 2.53. The van der Waals surface area contributed by atoms with Gasteiger partial charge in [0.15, 0.2) is 0 Å². The first-order chi connectivity index (χ1) is 10.1. The first kappa shape index (κ1) is 16.7. The Balaban J connectivity index is 2.06. The normalized spacial score (nSPS) is 38.1. The quantitative estimate of drug-likeness (QED) is 0.846. The van der Waals surface area contributed by atoms with E-state index >= 15 is 0 Å². The van der Waals surface area contributed by atoms with Crippen LogP contribution in [0.5, 0.6) is 0 Å². The number of ether oxygens (including phenoxy) is 1. The molecular formula is C17H31N3O. The monoisotopic (exact) mass is 293 g/mol. The summed E-state index contributed by atoms with van der Waals surface area (Å²) >= 11 is 0. The van der Waals surface area contributed by atoms with Gasteiger partial charge >= 0.3 is 0 Å². The largest absolute Gasteiger partial charge is 0.376 e. The number of nitrogens with zero attached hydrogens (tertiary/aromatic N) is 2. The highest BCUT2D eigenvalue weighted by molar-refractivity contribution is 5.11. The van der Waals surface area contributed by atoms with Gasteiger partial charge < -0.3 is 4.74 Å². The van der Waals surface area contributed by atoms with Gasteiger partial charge in [0.05, 0.1) is 18.8 Å².